The number of fused-ring (bicyclic) bond motifs is 3. The molecule has 0 N–H and O–H groups in total. The van der Waals surface area contributed by atoms with Crippen LogP contribution in [0.3, 0.4) is 0 Å². The number of allylic oxidation sites excluding steroid dienone is 1. The van der Waals surface area contributed by atoms with E-state index in [-0.39, 0.29) is 11.3 Å². The smallest absolute Gasteiger partial charge is 0.156 e. The first-order valence-electron chi connectivity index (χ1n) is 13.4. The van der Waals surface area contributed by atoms with E-state index in [9.17, 15) is 4.79 Å². The lowest BCUT2D eigenvalue weighted by Crippen LogP contribution is -2.52. The van der Waals surface area contributed by atoms with Gasteiger partial charge in [0.05, 0.1) is 6.54 Å². The number of nitrogens with zero attached hydrogens (tertiary/aromatic N) is 1. The third-order valence-corrected chi connectivity index (χ3v) is 10.1. The van der Waals surface area contributed by atoms with Crippen LogP contribution in [-0.2, 0) is 4.79 Å². The summed E-state index contributed by atoms with van der Waals surface area (Å²) in [5, 5.41) is 0. The number of carbonyl (C=O) groups excluding carboxylic acids is 1. The second-order valence-corrected chi connectivity index (χ2v) is 11.5. The molecule has 0 aliphatic heterocycles. The van der Waals surface area contributed by atoms with Crippen molar-refractivity contribution in [1.82, 2.24) is 4.90 Å². The standard InChI is InChI=1S/C29H49NO/c1-7-11-12-22-13-14-23-24-15-16-26(27(31)21-30(10-4)20-9-3)29(24,6)19-17-25(23)28(22,5)18-8-2/h9-10,20,22-26H,4,7-8,11-19,21H2,1-3,5-6H3/b20-9-. The molecule has 3 aliphatic rings. The molecule has 31 heavy (non-hydrogen) atoms. The first kappa shape index (κ1) is 24.6. The van der Waals surface area contributed by atoms with Crippen molar-refractivity contribution in [2.75, 3.05) is 6.54 Å². The highest BCUT2D eigenvalue weighted by molar-refractivity contribution is 5.84. The van der Waals surface area contributed by atoms with Gasteiger partial charge in [-0.1, -0.05) is 59.6 Å². The fourth-order valence-electron chi connectivity index (χ4n) is 8.58. The van der Waals surface area contributed by atoms with Crippen LogP contribution in [0.25, 0.3) is 0 Å². The Morgan fingerprint density at radius 1 is 1.06 bits per heavy atom. The lowest BCUT2D eigenvalue weighted by Gasteiger charge is -2.59. The van der Waals surface area contributed by atoms with Crippen molar-refractivity contribution in [3.8, 4) is 0 Å². The zero-order valence-electron chi connectivity index (χ0n) is 21.2. The van der Waals surface area contributed by atoms with Crippen molar-refractivity contribution in [1.29, 1.82) is 0 Å². The predicted octanol–water partition coefficient (Wildman–Crippen LogP) is 8.00. The van der Waals surface area contributed by atoms with Gasteiger partial charge in [-0.15, -0.1) is 0 Å². The Morgan fingerprint density at radius 2 is 1.84 bits per heavy atom. The maximum Gasteiger partial charge on any atom is 0.156 e. The minimum Gasteiger partial charge on any atom is -0.348 e. The van der Waals surface area contributed by atoms with E-state index in [2.05, 4.69) is 34.3 Å². The molecule has 7 unspecified atom stereocenters. The Hall–Kier alpha value is -1.05. The Labute approximate surface area is 192 Å². The molecule has 2 heteroatoms. The molecule has 2 nitrogen and oxygen atoms in total. The van der Waals surface area contributed by atoms with Gasteiger partial charge in [0.2, 0.25) is 0 Å². The highest BCUT2D eigenvalue weighted by atomic mass is 16.1. The van der Waals surface area contributed by atoms with Gasteiger partial charge in [0.25, 0.3) is 0 Å². The summed E-state index contributed by atoms with van der Waals surface area (Å²) in [5.41, 5.74) is 0.728. The molecule has 0 aromatic rings. The molecule has 7 atom stereocenters. The number of ketones is 1. The number of Topliss-reactive ketones (excluding diaryl/α,β-unsaturated/α-hetero) is 1. The average molecular weight is 428 g/mol. The third kappa shape index (κ3) is 4.55. The molecular weight excluding hydrogens is 378 g/mol. The van der Waals surface area contributed by atoms with Crippen molar-refractivity contribution >= 4 is 5.78 Å². The van der Waals surface area contributed by atoms with E-state index < -0.39 is 0 Å². The van der Waals surface area contributed by atoms with Gasteiger partial charge in [0.1, 0.15) is 0 Å². The maximum absolute atomic E-state index is 13.4. The Bertz CT molecular complexity index is 653. The van der Waals surface area contributed by atoms with Gasteiger partial charge in [0.15, 0.2) is 5.78 Å². The molecule has 0 radical (unpaired) electrons. The van der Waals surface area contributed by atoms with E-state index in [0.717, 1.165) is 30.1 Å². The molecule has 3 aliphatic carbocycles. The van der Waals surface area contributed by atoms with Crippen LogP contribution in [0, 0.1) is 40.4 Å². The maximum atomic E-state index is 13.4. The van der Waals surface area contributed by atoms with Crippen LogP contribution >= 0.6 is 0 Å². The summed E-state index contributed by atoms with van der Waals surface area (Å²) < 4.78 is 0. The zero-order valence-corrected chi connectivity index (χ0v) is 21.2. The van der Waals surface area contributed by atoms with Gasteiger partial charge in [-0.3, -0.25) is 4.79 Å². The molecule has 0 saturated heterocycles. The summed E-state index contributed by atoms with van der Waals surface area (Å²) in [5.74, 6) is 4.07. The Balaban J connectivity index is 1.78. The van der Waals surface area contributed by atoms with Crippen LogP contribution in [0.2, 0.25) is 0 Å². The highest BCUT2D eigenvalue weighted by Crippen LogP contribution is 2.66. The topological polar surface area (TPSA) is 20.3 Å². The minimum atomic E-state index is 0.213. The molecule has 0 aromatic heterocycles. The number of rotatable bonds is 10. The van der Waals surface area contributed by atoms with Gasteiger partial charge < -0.3 is 4.90 Å². The SMILES string of the molecule is C=CN(/C=C\C)CC(=O)C1CCC2C3CCC(CCCC)C(C)(CCC)C3CCC12C. The van der Waals surface area contributed by atoms with Crippen LogP contribution < -0.4 is 0 Å². The summed E-state index contributed by atoms with van der Waals surface area (Å²) in [6, 6.07) is 0. The molecule has 176 valence electrons. The number of hydrogen-bond acceptors (Lipinski definition) is 2. The van der Waals surface area contributed by atoms with Gasteiger partial charge in [-0.25, -0.2) is 0 Å². The first-order valence-corrected chi connectivity index (χ1v) is 13.4. The van der Waals surface area contributed by atoms with Crippen LogP contribution in [0.15, 0.2) is 25.1 Å². The molecule has 3 fully saturated rings. The molecule has 0 heterocycles. The summed E-state index contributed by atoms with van der Waals surface area (Å²) >= 11 is 0. The predicted molar refractivity (Wildman–Crippen MR) is 133 cm³/mol. The zero-order chi connectivity index (χ0) is 22.6. The number of carbonyl (C=O) groups is 1. The molecule has 0 spiro atoms. The summed E-state index contributed by atoms with van der Waals surface area (Å²) in [6.45, 7) is 16.3. The van der Waals surface area contributed by atoms with E-state index in [1.807, 2.05) is 24.1 Å². The molecule has 3 saturated carbocycles. The molecule has 0 bridgehead atoms. The van der Waals surface area contributed by atoms with Crippen LogP contribution in [0.1, 0.15) is 105 Å². The van der Waals surface area contributed by atoms with Crippen molar-refractivity contribution in [3.63, 3.8) is 0 Å². The normalized spacial score (nSPS) is 39.8. The van der Waals surface area contributed by atoms with Crippen molar-refractivity contribution in [3.05, 3.63) is 25.1 Å². The third-order valence-electron chi connectivity index (χ3n) is 10.1. The first-order chi connectivity index (χ1) is 14.9. The molecular formula is C29H49NO. The van der Waals surface area contributed by atoms with E-state index >= 15 is 0 Å². The number of hydrogen-bond donors (Lipinski definition) is 0. The summed E-state index contributed by atoms with van der Waals surface area (Å²) in [6.07, 6.45) is 20.4. The van der Waals surface area contributed by atoms with Crippen LogP contribution in [-0.4, -0.2) is 17.2 Å². The van der Waals surface area contributed by atoms with Crippen LogP contribution in [0.4, 0.5) is 0 Å². The summed E-state index contributed by atoms with van der Waals surface area (Å²) in [7, 11) is 0. The van der Waals surface area contributed by atoms with E-state index in [0.29, 0.717) is 17.7 Å². The quantitative estimate of drug-likeness (QED) is 0.352. The lowest BCUT2D eigenvalue weighted by molar-refractivity contribution is -0.133. The monoisotopic (exact) mass is 427 g/mol. The average Bonchev–Trinajstić information content (AvgIpc) is 3.10. The van der Waals surface area contributed by atoms with Gasteiger partial charge in [0, 0.05) is 5.92 Å². The molecule has 0 amide bonds. The fourth-order valence-corrected chi connectivity index (χ4v) is 8.58. The van der Waals surface area contributed by atoms with Gasteiger partial charge >= 0.3 is 0 Å². The summed E-state index contributed by atoms with van der Waals surface area (Å²) in [4.78, 5) is 15.3. The van der Waals surface area contributed by atoms with Crippen molar-refractivity contribution in [2.45, 2.75) is 105 Å². The minimum absolute atomic E-state index is 0.213. The van der Waals surface area contributed by atoms with Crippen LogP contribution in [0.5, 0.6) is 0 Å². The van der Waals surface area contributed by atoms with Gasteiger partial charge in [-0.05, 0) is 105 Å². The largest absolute Gasteiger partial charge is 0.348 e. The van der Waals surface area contributed by atoms with E-state index in [1.165, 1.54) is 64.2 Å². The highest BCUT2D eigenvalue weighted by Gasteiger charge is 2.60. The van der Waals surface area contributed by atoms with E-state index in [1.54, 1.807) is 6.20 Å². The Kier molecular flexibility index (Phi) is 8.14. The number of unbranched alkanes of at least 4 members (excludes halogenated alkanes) is 1. The fraction of sp³-hybridized carbons (Fsp3) is 0.828. The second-order valence-electron chi connectivity index (χ2n) is 11.5. The molecule has 3 rings (SSSR count). The second kappa shape index (κ2) is 10.3. The van der Waals surface area contributed by atoms with Crippen molar-refractivity contribution < 1.29 is 4.79 Å². The molecule has 0 aromatic carbocycles. The lowest BCUT2D eigenvalue weighted by atomic mass is 9.46. The van der Waals surface area contributed by atoms with E-state index in [4.69, 9.17) is 0 Å². The Morgan fingerprint density at radius 3 is 2.48 bits per heavy atom. The van der Waals surface area contributed by atoms with Crippen molar-refractivity contribution in [2.24, 2.45) is 40.4 Å². The van der Waals surface area contributed by atoms with Gasteiger partial charge in [-0.2, -0.15) is 0 Å².